The Morgan fingerprint density at radius 2 is 1.95 bits per heavy atom. The third kappa shape index (κ3) is 3.46. The Morgan fingerprint density at radius 1 is 1.21 bits per heavy atom. The standard InChI is InChI=1S/C17H24N2/c1-13(11-14-5-3-2-4-6-14)16-12-17(16)19-15-7-9-18-10-8-15/h2-6,11,15-19H,7-10,12H2,1H3/b13-11+/t16-,17+/m0/s1. The topological polar surface area (TPSA) is 24.1 Å². The van der Waals surface area contributed by atoms with Gasteiger partial charge in [0.1, 0.15) is 0 Å². The molecule has 102 valence electrons. The lowest BCUT2D eigenvalue weighted by Gasteiger charge is -2.24. The van der Waals surface area contributed by atoms with Crippen molar-refractivity contribution in [2.75, 3.05) is 13.1 Å². The SMILES string of the molecule is C/C(=C\c1ccccc1)[C@@H]1C[C@H]1NC1CCNCC1. The molecule has 2 fully saturated rings. The largest absolute Gasteiger partial charge is 0.317 e. The smallest absolute Gasteiger partial charge is 0.0142 e. The summed E-state index contributed by atoms with van der Waals surface area (Å²) in [5.74, 6) is 0.759. The van der Waals surface area contributed by atoms with Gasteiger partial charge in [-0.15, -0.1) is 0 Å². The molecular formula is C17H24N2. The highest BCUT2D eigenvalue weighted by atomic mass is 15.0. The van der Waals surface area contributed by atoms with Crippen molar-refractivity contribution in [1.29, 1.82) is 0 Å². The number of benzene rings is 1. The molecule has 2 atom stereocenters. The molecule has 0 bridgehead atoms. The molecule has 0 amide bonds. The fraction of sp³-hybridized carbons (Fsp3) is 0.529. The lowest BCUT2D eigenvalue weighted by Crippen LogP contribution is -2.41. The molecule has 2 nitrogen and oxygen atoms in total. The van der Waals surface area contributed by atoms with E-state index in [1.54, 1.807) is 0 Å². The van der Waals surface area contributed by atoms with Gasteiger partial charge >= 0.3 is 0 Å². The normalized spacial score (nSPS) is 28.4. The quantitative estimate of drug-likeness (QED) is 0.865. The maximum Gasteiger partial charge on any atom is 0.0142 e. The van der Waals surface area contributed by atoms with E-state index in [0.29, 0.717) is 0 Å². The van der Waals surface area contributed by atoms with Crippen LogP contribution in [0.1, 0.15) is 31.7 Å². The predicted octanol–water partition coefficient (Wildman–Crippen LogP) is 2.82. The Balaban J connectivity index is 1.52. The average Bonchev–Trinajstić information content (AvgIpc) is 3.20. The fourth-order valence-electron chi connectivity index (χ4n) is 3.09. The zero-order chi connectivity index (χ0) is 13.1. The highest BCUT2D eigenvalue weighted by Crippen LogP contribution is 2.38. The molecule has 1 aromatic rings. The first-order chi connectivity index (χ1) is 9.33. The summed E-state index contributed by atoms with van der Waals surface area (Å²) in [6.45, 7) is 4.63. The summed E-state index contributed by atoms with van der Waals surface area (Å²) in [5, 5.41) is 7.25. The fourth-order valence-corrected chi connectivity index (χ4v) is 3.09. The van der Waals surface area contributed by atoms with Crippen LogP contribution in [0, 0.1) is 5.92 Å². The van der Waals surface area contributed by atoms with Gasteiger partial charge in [0.2, 0.25) is 0 Å². The minimum Gasteiger partial charge on any atom is -0.317 e. The highest BCUT2D eigenvalue weighted by Gasteiger charge is 2.39. The van der Waals surface area contributed by atoms with E-state index in [2.05, 4.69) is 54.0 Å². The van der Waals surface area contributed by atoms with Crippen molar-refractivity contribution in [2.24, 2.45) is 5.92 Å². The predicted molar refractivity (Wildman–Crippen MR) is 81.0 cm³/mol. The molecular weight excluding hydrogens is 232 g/mol. The molecule has 0 aromatic heterocycles. The lowest BCUT2D eigenvalue weighted by molar-refractivity contribution is 0.381. The summed E-state index contributed by atoms with van der Waals surface area (Å²) in [4.78, 5) is 0. The molecule has 0 radical (unpaired) electrons. The molecule has 19 heavy (non-hydrogen) atoms. The second-order valence-electron chi connectivity index (χ2n) is 5.94. The van der Waals surface area contributed by atoms with Crippen molar-refractivity contribution in [2.45, 2.75) is 38.3 Å². The zero-order valence-corrected chi connectivity index (χ0v) is 11.7. The van der Waals surface area contributed by atoms with Crippen LogP contribution in [-0.2, 0) is 0 Å². The number of hydrogen-bond acceptors (Lipinski definition) is 2. The first-order valence-electron chi connectivity index (χ1n) is 7.53. The van der Waals surface area contributed by atoms with Crippen LogP contribution in [0.2, 0.25) is 0 Å². The second-order valence-corrected chi connectivity index (χ2v) is 5.94. The molecule has 1 heterocycles. The van der Waals surface area contributed by atoms with Crippen molar-refractivity contribution >= 4 is 6.08 Å². The Bertz CT molecular complexity index is 432. The molecule has 1 saturated heterocycles. The first kappa shape index (κ1) is 12.9. The van der Waals surface area contributed by atoms with Crippen LogP contribution in [0.4, 0.5) is 0 Å². The Morgan fingerprint density at radius 3 is 2.68 bits per heavy atom. The molecule has 1 saturated carbocycles. The third-order valence-corrected chi connectivity index (χ3v) is 4.36. The van der Waals surface area contributed by atoms with Gasteiger partial charge < -0.3 is 10.6 Å². The monoisotopic (exact) mass is 256 g/mol. The van der Waals surface area contributed by atoms with Crippen molar-refractivity contribution in [3.05, 3.63) is 41.5 Å². The summed E-state index contributed by atoms with van der Waals surface area (Å²) >= 11 is 0. The Labute approximate surface area is 116 Å². The van der Waals surface area contributed by atoms with Crippen molar-refractivity contribution in [3.8, 4) is 0 Å². The Hall–Kier alpha value is -1.12. The van der Waals surface area contributed by atoms with Crippen LogP contribution in [0.3, 0.4) is 0 Å². The molecule has 3 rings (SSSR count). The average molecular weight is 256 g/mol. The molecule has 1 aromatic carbocycles. The van der Waals surface area contributed by atoms with Crippen LogP contribution in [0.25, 0.3) is 6.08 Å². The zero-order valence-electron chi connectivity index (χ0n) is 11.7. The van der Waals surface area contributed by atoms with Gasteiger partial charge in [0.25, 0.3) is 0 Å². The van der Waals surface area contributed by atoms with Crippen molar-refractivity contribution in [1.82, 2.24) is 10.6 Å². The van der Waals surface area contributed by atoms with E-state index < -0.39 is 0 Å². The molecule has 2 aliphatic rings. The van der Waals surface area contributed by atoms with Crippen molar-refractivity contribution in [3.63, 3.8) is 0 Å². The third-order valence-electron chi connectivity index (χ3n) is 4.36. The Kier molecular flexibility index (Phi) is 4.00. The van der Waals surface area contributed by atoms with Crippen LogP contribution in [0.5, 0.6) is 0 Å². The lowest BCUT2D eigenvalue weighted by atomic mass is 10.1. The summed E-state index contributed by atoms with van der Waals surface area (Å²) < 4.78 is 0. The molecule has 1 aliphatic heterocycles. The molecule has 0 unspecified atom stereocenters. The number of hydrogen-bond donors (Lipinski definition) is 2. The minimum atomic E-state index is 0.725. The number of piperidine rings is 1. The minimum absolute atomic E-state index is 0.725. The van der Waals surface area contributed by atoms with E-state index in [-0.39, 0.29) is 0 Å². The van der Waals surface area contributed by atoms with Crippen molar-refractivity contribution < 1.29 is 0 Å². The maximum atomic E-state index is 3.83. The van der Waals surface area contributed by atoms with E-state index in [1.807, 2.05) is 0 Å². The van der Waals surface area contributed by atoms with Gasteiger partial charge in [-0.25, -0.2) is 0 Å². The second kappa shape index (κ2) is 5.89. The van der Waals surface area contributed by atoms with Gasteiger partial charge in [0.05, 0.1) is 0 Å². The van der Waals surface area contributed by atoms with Crippen LogP contribution >= 0.6 is 0 Å². The number of nitrogens with one attached hydrogen (secondary N) is 2. The molecule has 0 spiro atoms. The van der Waals surface area contributed by atoms with Crippen LogP contribution < -0.4 is 10.6 Å². The summed E-state index contributed by atoms with van der Waals surface area (Å²) in [5.41, 5.74) is 2.85. The summed E-state index contributed by atoms with van der Waals surface area (Å²) in [7, 11) is 0. The van der Waals surface area contributed by atoms with Crippen LogP contribution in [0.15, 0.2) is 35.9 Å². The van der Waals surface area contributed by atoms with Gasteiger partial charge in [0, 0.05) is 12.1 Å². The first-order valence-corrected chi connectivity index (χ1v) is 7.53. The van der Waals surface area contributed by atoms with E-state index in [1.165, 1.54) is 43.5 Å². The summed E-state index contributed by atoms with van der Waals surface area (Å²) in [6, 6.07) is 12.1. The summed E-state index contributed by atoms with van der Waals surface area (Å²) in [6.07, 6.45) is 6.23. The molecule has 2 heteroatoms. The maximum absolute atomic E-state index is 3.83. The van der Waals surface area contributed by atoms with E-state index >= 15 is 0 Å². The van der Waals surface area contributed by atoms with Crippen LogP contribution in [-0.4, -0.2) is 25.2 Å². The molecule has 1 aliphatic carbocycles. The molecule has 2 N–H and O–H groups in total. The van der Waals surface area contributed by atoms with E-state index in [9.17, 15) is 0 Å². The number of rotatable bonds is 4. The van der Waals surface area contributed by atoms with Gasteiger partial charge in [-0.1, -0.05) is 42.0 Å². The van der Waals surface area contributed by atoms with Gasteiger partial charge in [0.15, 0.2) is 0 Å². The van der Waals surface area contributed by atoms with Gasteiger partial charge in [-0.05, 0) is 50.8 Å². The van der Waals surface area contributed by atoms with Gasteiger partial charge in [-0.2, -0.15) is 0 Å². The van der Waals surface area contributed by atoms with Gasteiger partial charge in [-0.3, -0.25) is 0 Å². The van der Waals surface area contributed by atoms with E-state index in [4.69, 9.17) is 0 Å². The van der Waals surface area contributed by atoms with E-state index in [0.717, 1.165) is 18.0 Å². The highest BCUT2D eigenvalue weighted by molar-refractivity contribution is 5.53.